The first-order valence-corrected chi connectivity index (χ1v) is 5.12. The molecule has 0 radical (unpaired) electrons. The molecule has 0 amide bonds. The maximum Gasteiger partial charge on any atom is 0.0443 e. The molecule has 2 nitrogen and oxygen atoms in total. The Morgan fingerprint density at radius 2 is 2.31 bits per heavy atom. The van der Waals surface area contributed by atoms with Crippen molar-refractivity contribution in [3.05, 3.63) is 24.0 Å². The van der Waals surface area contributed by atoms with Crippen LogP contribution in [0.25, 0.3) is 0 Å². The molecule has 0 aliphatic carbocycles. The third-order valence-electron chi connectivity index (χ3n) is 2.49. The SMILES string of the molecule is CCCCn1cccc1C(C)NC. The molecular weight excluding hydrogens is 160 g/mol. The molecule has 0 saturated heterocycles. The number of hydrogen-bond acceptors (Lipinski definition) is 1. The molecule has 1 heterocycles. The number of rotatable bonds is 5. The molecule has 0 bridgehead atoms. The molecule has 2 heteroatoms. The molecule has 1 aromatic rings. The van der Waals surface area contributed by atoms with E-state index in [9.17, 15) is 0 Å². The van der Waals surface area contributed by atoms with Gasteiger partial charge in [0.2, 0.25) is 0 Å². The summed E-state index contributed by atoms with van der Waals surface area (Å²) in [5, 5.41) is 3.26. The first kappa shape index (κ1) is 10.3. The van der Waals surface area contributed by atoms with Crippen molar-refractivity contribution in [3.63, 3.8) is 0 Å². The predicted octanol–water partition coefficient (Wildman–Crippen LogP) is 2.57. The van der Waals surface area contributed by atoms with Crippen molar-refractivity contribution in [2.75, 3.05) is 7.05 Å². The third kappa shape index (κ3) is 2.59. The Balaban J connectivity index is 2.65. The summed E-state index contributed by atoms with van der Waals surface area (Å²) in [7, 11) is 2.00. The summed E-state index contributed by atoms with van der Waals surface area (Å²) in [5.74, 6) is 0. The van der Waals surface area contributed by atoms with Gasteiger partial charge >= 0.3 is 0 Å². The highest BCUT2D eigenvalue weighted by atomic mass is 15.0. The minimum absolute atomic E-state index is 0.451. The van der Waals surface area contributed by atoms with Crippen molar-refractivity contribution in [1.82, 2.24) is 9.88 Å². The minimum Gasteiger partial charge on any atom is -0.350 e. The maximum absolute atomic E-state index is 3.26. The summed E-state index contributed by atoms with van der Waals surface area (Å²) in [4.78, 5) is 0. The van der Waals surface area contributed by atoms with E-state index in [1.165, 1.54) is 18.5 Å². The van der Waals surface area contributed by atoms with Crippen LogP contribution in [-0.4, -0.2) is 11.6 Å². The molecule has 1 unspecified atom stereocenters. The Kier molecular flexibility index (Phi) is 4.03. The van der Waals surface area contributed by atoms with Crippen LogP contribution in [0.2, 0.25) is 0 Å². The van der Waals surface area contributed by atoms with Gasteiger partial charge in [0, 0.05) is 24.5 Å². The topological polar surface area (TPSA) is 17.0 Å². The standard InChI is InChI=1S/C11H20N2/c1-4-5-8-13-9-6-7-11(13)10(2)12-3/h6-7,9-10,12H,4-5,8H2,1-3H3. The molecule has 1 N–H and O–H groups in total. The molecule has 0 aliphatic heterocycles. The molecule has 1 rings (SSSR count). The van der Waals surface area contributed by atoms with Crippen LogP contribution in [0.15, 0.2) is 18.3 Å². The number of unbranched alkanes of at least 4 members (excludes halogenated alkanes) is 1. The summed E-state index contributed by atoms with van der Waals surface area (Å²) in [6, 6.07) is 4.77. The van der Waals surface area contributed by atoms with Gasteiger partial charge < -0.3 is 9.88 Å². The predicted molar refractivity (Wildman–Crippen MR) is 56.8 cm³/mol. The Morgan fingerprint density at radius 3 is 2.92 bits per heavy atom. The van der Waals surface area contributed by atoms with Crippen LogP contribution in [0.3, 0.4) is 0 Å². The van der Waals surface area contributed by atoms with Crippen molar-refractivity contribution >= 4 is 0 Å². The molecule has 0 spiro atoms. The second kappa shape index (κ2) is 5.07. The van der Waals surface area contributed by atoms with E-state index in [1.54, 1.807) is 0 Å². The van der Waals surface area contributed by atoms with Gasteiger partial charge in [0.1, 0.15) is 0 Å². The summed E-state index contributed by atoms with van der Waals surface area (Å²) >= 11 is 0. The Labute approximate surface area is 81.0 Å². The van der Waals surface area contributed by atoms with E-state index in [1.807, 2.05) is 7.05 Å². The number of nitrogens with zero attached hydrogens (tertiary/aromatic N) is 1. The Hall–Kier alpha value is -0.760. The molecule has 0 saturated carbocycles. The van der Waals surface area contributed by atoms with Crippen LogP contribution in [-0.2, 0) is 6.54 Å². The average Bonchev–Trinajstić information content (AvgIpc) is 2.61. The molecule has 0 aliphatic rings. The lowest BCUT2D eigenvalue weighted by Crippen LogP contribution is -2.16. The fraction of sp³-hybridized carbons (Fsp3) is 0.636. The van der Waals surface area contributed by atoms with E-state index in [0.717, 1.165) is 6.54 Å². The highest BCUT2D eigenvalue weighted by molar-refractivity contribution is 5.11. The lowest BCUT2D eigenvalue weighted by atomic mass is 10.2. The molecule has 1 aromatic heterocycles. The number of nitrogens with one attached hydrogen (secondary N) is 1. The van der Waals surface area contributed by atoms with E-state index in [4.69, 9.17) is 0 Å². The van der Waals surface area contributed by atoms with Crippen LogP contribution >= 0.6 is 0 Å². The van der Waals surface area contributed by atoms with Gasteiger partial charge in [-0.15, -0.1) is 0 Å². The van der Waals surface area contributed by atoms with Gasteiger partial charge in [0.15, 0.2) is 0 Å². The quantitative estimate of drug-likeness (QED) is 0.737. The van der Waals surface area contributed by atoms with Crippen LogP contribution < -0.4 is 5.32 Å². The summed E-state index contributed by atoms with van der Waals surface area (Å²) in [6.07, 6.45) is 4.68. The van der Waals surface area contributed by atoms with Crippen LogP contribution in [0, 0.1) is 0 Å². The van der Waals surface area contributed by atoms with E-state index in [0.29, 0.717) is 6.04 Å². The molecular formula is C11H20N2. The van der Waals surface area contributed by atoms with E-state index >= 15 is 0 Å². The first-order chi connectivity index (χ1) is 6.29. The van der Waals surface area contributed by atoms with Gasteiger partial charge in [0.05, 0.1) is 0 Å². The molecule has 0 aromatic carbocycles. The van der Waals surface area contributed by atoms with Crippen LogP contribution in [0.1, 0.15) is 38.4 Å². The highest BCUT2D eigenvalue weighted by Gasteiger charge is 2.06. The lowest BCUT2D eigenvalue weighted by Gasteiger charge is -2.14. The molecule has 13 heavy (non-hydrogen) atoms. The van der Waals surface area contributed by atoms with Gasteiger partial charge in [-0.3, -0.25) is 0 Å². The molecule has 0 fully saturated rings. The minimum atomic E-state index is 0.451. The van der Waals surface area contributed by atoms with Gasteiger partial charge in [-0.2, -0.15) is 0 Å². The second-order valence-corrected chi connectivity index (χ2v) is 3.49. The lowest BCUT2D eigenvalue weighted by molar-refractivity contribution is 0.549. The van der Waals surface area contributed by atoms with Crippen molar-refractivity contribution in [1.29, 1.82) is 0 Å². The largest absolute Gasteiger partial charge is 0.350 e. The zero-order valence-electron chi connectivity index (χ0n) is 8.88. The Bertz CT molecular complexity index is 240. The first-order valence-electron chi connectivity index (χ1n) is 5.12. The average molecular weight is 180 g/mol. The number of aryl methyl sites for hydroxylation is 1. The normalized spacial score (nSPS) is 13.2. The van der Waals surface area contributed by atoms with Crippen molar-refractivity contribution in [3.8, 4) is 0 Å². The van der Waals surface area contributed by atoms with Crippen molar-refractivity contribution in [2.45, 2.75) is 39.3 Å². The van der Waals surface area contributed by atoms with Crippen molar-refractivity contribution in [2.24, 2.45) is 0 Å². The van der Waals surface area contributed by atoms with Crippen LogP contribution in [0.4, 0.5) is 0 Å². The van der Waals surface area contributed by atoms with Gasteiger partial charge in [-0.1, -0.05) is 13.3 Å². The molecule has 74 valence electrons. The number of hydrogen-bond donors (Lipinski definition) is 1. The fourth-order valence-corrected chi connectivity index (χ4v) is 1.50. The smallest absolute Gasteiger partial charge is 0.0443 e. The van der Waals surface area contributed by atoms with Gasteiger partial charge in [-0.05, 0) is 32.5 Å². The fourth-order valence-electron chi connectivity index (χ4n) is 1.50. The zero-order valence-corrected chi connectivity index (χ0v) is 8.88. The van der Waals surface area contributed by atoms with Crippen molar-refractivity contribution < 1.29 is 0 Å². The maximum atomic E-state index is 3.26. The Morgan fingerprint density at radius 1 is 1.54 bits per heavy atom. The van der Waals surface area contributed by atoms with Gasteiger partial charge in [0.25, 0.3) is 0 Å². The summed E-state index contributed by atoms with van der Waals surface area (Å²) in [6.45, 7) is 5.56. The second-order valence-electron chi connectivity index (χ2n) is 3.49. The van der Waals surface area contributed by atoms with E-state index in [-0.39, 0.29) is 0 Å². The van der Waals surface area contributed by atoms with Crippen LogP contribution in [0.5, 0.6) is 0 Å². The summed E-state index contributed by atoms with van der Waals surface area (Å²) in [5.41, 5.74) is 1.39. The summed E-state index contributed by atoms with van der Waals surface area (Å²) < 4.78 is 2.34. The van der Waals surface area contributed by atoms with E-state index < -0.39 is 0 Å². The number of aromatic nitrogens is 1. The zero-order chi connectivity index (χ0) is 9.68. The monoisotopic (exact) mass is 180 g/mol. The highest BCUT2D eigenvalue weighted by Crippen LogP contribution is 2.13. The third-order valence-corrected chi connectivity index (χ3v) is 2.49. The molecule has 1 atom stereocenters. The van der Waals surface area contributed by atoms with E-state index in [2.05, 4.69) is 42.1 Å². The van der Waals surface area contributed by atoms with Gasteiger partial charge in [-0.25, -0.2) is 0 Å².